The molecular formula is C11H16N4O. The highest BCUT2D eigenvalue weighted by Gasteiger charge is 2.15. The molecule has 0 saturated heterocycles. The van der Waals surface area contributed by atoms with E-state index in [2.05, 4.69) is 9.97 Å². The number of nitrogens with two attached hydrogens (primary N) is 2. The molecule has 1 heterocycles. The number of hydrogen-bond acceptors (Lipinski definition) is 4. The zero-order chi connectivity index (χ0) is 11.5. The van der Waals surface area contributed by atoms with Crippen molar-refractivity contribution >= 4 is 11.0 Å². The van der Waals surface area contributed by atoms with Crippen molar-refractivity contribution in [3.05, 3.63) is 30.1 Å². The van der Waals surface area contributed by atoms with Crippen molar-refractivity contribution in [2.24, 2.45) is 11.5 Å². The molecule has 0 aliphatic rings. The molecule has 6 N–H and O–H groups in total. The van der Waals surface area contributed by atoms with Crippen molar-refractivity contribution < 1.29 is 5.11 Å². The van der Waals surface area contributed by atoms with Crippen LogP contribution in [-0.4, -0.2) is 33.8 Å². The molecule has 5 heteroatoms. The van der Waals surface area contributed by atoms with E-state index in [9.17, 15) is 5.11 Å². The molecule has 2 aromatic rings. The predicted octanol–water partition coefficient (Wildman–Crippen LogP) is -0.248. The molecule has 0 aliphatic heterocycles. The molecule has 2 atom stereocenters. The van der Waals surface area contributed by atoms with Gasteiger partial charge in [0.05, 0.1) is 17.1 Å². The molecule has 2 unspecified atom stereocenters. The molecule has 5 nitrogen and oxygen atoms in total. The third-order valence-electron chi connectivity index (χ3n) is 2.60. The fourth-order valence-corrected chi connectivity index (χ4v) is 1.64. The fraction of sp³-hybridized carbons (Fsp3) is 0.364. The Hall–Kier alpha value is -1.43. The number of nitrogens with zero attached hydrogens (tertiary/aromatic N) is 1. The van der Waals surface area contributed by atoms with Gasteiger partial charge in [0.15, 0.2) is 0 Å². The molecule has 86 valence electrons. The Morgan fingerprint density at radius 2 is 2.12 bits per heavy atom. The van der Waals surface area contributed by atoms with Gasteiger partial charge < -0.3 is 21.6 Å². The van der Waals surface area contributed by atoms with Gasteiger partial charge in [-0.2, -0.15) is 0 Å². The molecule has 1 aromatic carbocycles. The van der Waals surface area contributed by atoms with Crippen LogP contribution in [0.2, 0.25) is 0 Å². The number of para-hydroxylation sites is 2. The van der Waals surface area contributed by atoms with Gasteiger partial charge in [-0.25, -0.2) is 4.98 Å². The van der Waals surface area contributed by atoms with Crippen molar-refractivity contribution in [3.8, 4) is 0 Å². The monoisotopic (exact) mass is 220 g/mol. The second kappa shape index (κ2) is 4.61. The number of aliphatic hydroxyl groups excluding tert-OH is 1. The van der Waals surface area contributed by atoms with Crippen molar-refractivity contribution in [3.63, 3.8) is 0 Å². The third-order valence-corrected chi connectivity index (χ3v) is 2.60. The average Bonchev–Trinajstić information content (AvgIpc) is 2.69. The Morgan fingerprint density at radius 3 is 2.81 bits per heavy atom. The van der Waals surface area contributed by atoms with Crippen LogP contribution >= 0.6 is 0 Å². The number of rotatable bonds is 4. The lowest BCUT2D eigenvalue weighted by Gasteiger charge is -2.15. The number of imidazole rings is 1. The first-order valence-corrected chi connectivity index (χ1v) is 5.28. The number of aromatic amines is 1. The van der Waals surface area contributed by atoms with E-state index >= 15 is 0 Å². The SMILES string of the molecule is NCC(O)C(N)Cc1nc2ccccc2[nH]1. The van der Waals surface area contributed by atoms with Crippen LogP contribution in [-0.2, 0) is 6.42 Å². The summed E-state index contributed by atoms with van der Waals surface area (Å²) in [6.07, 6.45) is -0.194. The maximum atomic E-state index is 9.47. The molecule has 0 bridgehead atoms. The largest absolute Gasteiger partial charge is 0.390 e. The van der Waals surface area contributed by atoms with Crippen molar-refractivity contribution in [1.29, 1.82) is 0 Å². The Balaban J connectivity index is 2.15. The summed E-state index contributed by atoms with van der Waals surface area (Å²) in [6, 6.07) is 7.38. The first kappa shape index (κ1) is 11.1. The summed E-state index contributed by atoms with van der Waals surface area (Å²) in [5, 5.41) is 9.47. The van der Waals surface area contributed by atoms with E-state index in [1.54, 1.807) is 0 Å². The van der Waals surface area contributed by atoms with Gasteiger partial charge in [0.1, 0.15) is 5.82 Å². The lowest BCUT2D eigenvalue weighted by Crippen LogP contribution is -2.41. The molecule has 0 amide bonds. The number of H-pyrrole nitrogens is 1. The predicted molar refractivity (Wildman–Crippen MR) is 62.8 cm³/mol. The van der Waals surface area contributed by atoms with Gasteiger partial charge in [0, 0.05) is 19.0 Å². The molecule has 16 heavy (non-hydrogen) atoms. The summed E-state index contributed by atoms with van der Waals surface area (Å²) in [7, 11) is 0. The Kier molecular flexibility index (Phi) is 3.19. The van der Waals surface area contributed by atoms with Crippen LogP contribution in [0.15, 0.2) is 24.3 Å². The summed E-state index contributed by atoms with van der Waals surface area (Å²) in [6.45, 7) is 0.168. The summed E-state index contributed by atoms with van der Waals surface area (Å²) in [5.41, 5.74) is 13.0. The van der Waals surface area contributed by atoms with Gasteiger partial charge >= 0.3 is 0 Å². The summed E-state index contributed by atoms with van der Waals surface area (Å²) < 4.78 is 0. The number of aliphatic hydroxyl groups is 1. The van der Waals surface area contributed by atoms with Crippen LogP contribution in [0.25, 0.3) is 11.0 Å². The lowest BCUT2D eigenvalue weighted by atomic mass is 10.1. The first-order chi connectivity index (χ1) is 7.70. The zero-order valence-corrected chi connectivity index (χ0v) is 8.93. The van der Waals surface area contributed by atoms with Crippen LogP contribution < -0.4 is 11.5 Å². The van der Waals surface area contributed by atoms with E-state index in [0.717, 1.165) is 16.9 Å². The van der Waals surface area contributed by atoms with Crippen LogP contribution in [0.1, 0.15) is 5.82 Å². The van der Waals surface area contributed by atoms with E-state index in [1.807, 2.05) is 24.3 Å². The lowest BCUT2D eigenvalue weighted by molar-refractivity contribution is 0.151. The van der Waals surface area contributed by atoms with Gasteiger partial charge in [0.2, 0.25) is 0 Å². The van der Waals surface area contributed by atoms with E-state index in [-0.39, 0.29) is 12.6 Å². The topological polar surface area (TPSA) is 101 Å². The average molecular weight is 220 g/mol. The minimum Gasteiger partial charge on any atom is -0.390 e. The van der Waals surface area contributed by atoms with Gasteiger partial charge in [-0.05, 0) is 12.1 Å². The summed E-state index contributed by atoms with van der Waals surface area (Å²) >= 11 is 0. The fourth-order valence-electron chi connectivity index (χ4n) is 1.64. The van der Waals surface area contributed by atoms with Crippen molar-refractivity contribution in [2.75, 3.05) is 6.54 Å². The summed E-state index contributed by atoms with van der Waals surface area (Å²) in [5.74, 6) is 0.779. The second-order valence-corrected chi connectivity index (χ2v) is 3.87. The highest BCUT2D eigenvalue weighted by molar-refractivity contribution is 5.74. The first-order valence-electron chi connectivity index (χ1n) is 5.28. The third kappa shape index (κ3) is 2.21. The zero-order valence-electron chi connectivity index (χ0n) is 8.93. The number of fused-ring (bicyclic) bond motifs is 1. The van der Waals surface area contributed by atoms with E-state index < -0.39 is 6.10 Å². The maximum absolute atomic E-state index is 9.47. The summed E-state index contributed by atoms with van der Waals surface area (Å²) in [4.78, 5) is 7.54. The molecule has 1 aromatic heterocycles. The molecule has 0 radical (unpaired) electrons. The van der Waals surface area contributed by atoms with Gasteiger partial charge in [-0.1, -0.05) is 12.1 Å². The van der Waals surface area contributed by atoms with Crippen LogP contribution in [0.3, 0.4) is 0 Å². The Labute approximate surface area is 93.5 Å². The van der Waals surface area contributed by atoms with E-state index in [1.165, 1.54) is 0 Å². The maximum Gasteiger partial charge on any atom is 0.108 e. The van der Waals surface area contributed by atoms with Crippen LogP contribution in [0, 0.1) is 0 Å². The highest BCUT2D eigenvalue weighted by Crippen LogP contribution is 2.11. The second-order valence-electron chi connectivity index (χ2n) is 3.87. The van der Waals surface area contributed by atoms with E-state index in [4.69, 9.17) is 11.5 Å². The number of benzene rings is 1. The molecule has 0 aliphatic carbocycles. The minimum atomic E-state index is -0.687. The quantitative estimate of drug-likeness (QED) is 0.571. The number of nitrogens with one attached hydrogen (secondary N) is 1. The highest BCUT2D eigenvalue weighted by atomic mass is 16.3. The minimum absolute atomic E-state index is 0.168. The van der Waals surface area contributed by atoms with Crippen molar-refractivity contribution in [1.82, 2.24) is 9.97 Å². The van der Waals surface area contributed by atoms with Gasteiger partial charge in [-0.15, -0.1) is 0 Å². The number of hydrogen-bond donors (Lipinski definition) is 4. The number of aromatic nitrogens is 2. The molecule has 0 saturated carbocycles. The smallest absolute Gasteiger partial charge is 0.108 e. The molecule has 2 rings (SSSR count). The normalized spacial score (nSPS) is 15.2. The molecular weight excluding hydrogens is 204 g/mol. The van der Waals surface area contributed by atoms with E-state index in [0.29, 0.717) is 6.42 Å². The Bertz CT molecular complexity index is 435. The standard InChI is InChI=1S/C11H16N4O/c12-6-10(16)7(13)5-11-14-8-3-1-2-4-9(8)15-11/h1-4,7,10,16H,5-6,12-13H2,(H,14,15). The van der Waals surface area contributed by atoms with Gasteiger partial charge in [0.25, 0.3) is 0 Å². The van der Waals surface area contributed by atoms with Gasteiger partial charge in [-0.3, -0.25) is 0 Å². The Morgan fingerprint density at radius 1 is 1.38 bits per heavy atom. The van der Waals surface area contributed by atoms with Crippen LogP contribution in [0.4, 0.5) is 0 Å². The molecule has 0 spiro atoms. The van der Waals surface area contributed by atoms with Crippen molar-refractivity contribution in [2.45, 2.75) is 18.6 Å². The molecule has 0 fully saturated rings. The van der Waals surface area contributed by atoms with Crippen LogP contribution in [0.5, 0.6) is 0 Å².